The van der Waals surface area contributed by atoms with Crippen LogP contribution in [0.15, 0.2) is 24.3 Å². The Labute approximate surface area is 127 Å². The zero-order valence-electron chi connectivity index (χ0n) is 13.2. The van der Waals surface area contributed by atoms with E-state index >= 15 is 0 Å². The largest absolute Gasteiger partial charge is 0.493 e. The van der Waals surface area contributed by atoms with Gasteiger partial charge in [-0.25, -0.2) is 0 Å². The van der Waals surface area contributed by atoms with Crippen molar-refractivity contribution in [3.05, 3.63) is 34.4 Å². The Balaban J connectivity index is 2.14. The molecule has 0 N–H and O–H groups in total. The van der Waals surface area contributed by atoms with Crippen LogP contribution in [0.4, 0.5) is 5.69 Å². The van der Waals surface area contributed by atoms with Crippen molar-refractivity contribution in [3.8, 4) is 5.75 Å². The van der Waals surface area contributed by atoms with Gasteiger partial charge in [0.2, 0.25) is 0 Å². The summed E-state index contributed by atoms with van der Waals surface area (Å²) in [7, 11) is 0. The van der Waals surface area contributed by atoms with Gasteiger partial charge in [-0.05, 0) is 24.5 Å². The molecule has 4 heteroatoms. The standard InChI is InChI=1S/C17H27NO3/c1-3-4-5-6-7-8-9-15(2)14-21-17-12-10-16(11-13-17)18(19)20/h10-13,15H,3-9,14H2,1-2H3. The van der Waals surface area contributed by atoms with E-state index in [4.69, 9.17) is 4.74 Å². The molecule has 0 aliphatic heterocycles. The van der Waals surface area contributed by atoms with Gasteiger partial charge in [0.15, 0.2) is 0 Å². The van der Waals surface area contributed by atoms with Gasteiger partial charge in [-0.3, -0.25) is 10.1 Å². The van der Waals surface area contributed by atoms with Gasteiger partial charge in [-0.1, -0.05) is 52.4 Å². The summed E-state index contributed by atoms with van der Waals surface area (Å²) in [5.41, 5.74) is 0.0995. The molecule has 0 saturated heterocycles. The molecule has 0 aromatic heterocycles. The molecule has 1 aromatic rings. The van der Waals surface area contributed by atoms with Gasteiger partial charge >= 0.3 is 0 Å². The number of nitrogens with zero attached hydrogens (tertiary/aromatic N) is 1. The summed E-state index contributed by atoms with van der Waals surface area (Å²) in [6, 6.07) is 6.28. The third-order valence-corrected chi connectivity index (χ3v) is 3.63. The van der Waals surface area contributed by atoms with Crippen LogP contribution in [-0.2, 0) is 0 Å². The molecule has 0 heterocycles. The van der Waals surface area contributed by atoms with E-state index in [1.54, 1.807) is 12.1 Å². The van der Waals surface area contributed by atoms with Crippen molar-refractivity contribution in [2.75, 3.05) is 6.61 Å². The number of hydrogen-bond acceptors (Lipinski definition) is 3. The van der Waals surface area contributed by atoms with Crippen molar-refractivity contribution < 1.29 is 9.66 Å². The lowest BCUT2D eigenvalue weighted by molar-refractivity contribution is -0.384. The number of hydrogen-bond donors (Lipinski definition) is 0. The fraction of sp³-hybridized carbons (Fsp3) is 0.647. The zero-order chi connectivity index (χ0) is 15.5. The van der Waals surface area contributed by atoms with Crippen molar-refractivity contribution in [1.29, 1.82) is 0 Å². The van der Waals surface area contributed by atoms with Crippen LogP contribution in [0.1, 0.15) is 58.8 Å². The van der Waals surface area contributed by atoms with Gasteiger partial charge in [0.05, 0.1) is 11.5 Å². The van der Waals surface area contributed by atoms with Crippen LogP contribution in [0, 0.1) is 16.0 Å². The van der Waals surface area contributed by atoms with Crippen molar-refractivity contribution in [2.45, 2.75) is 58.8 Å². The van der Waals surface area contributed by atoms with E-state index in [2.05, 4.69) is 13.8 Å². The first-order valence-electron chi connectivity index (χ1n) is 8.00. The lowest BCUT2D eigenvalue weighted by atomic mass is 10.0. The van der Waals surface area contributed by atoms with Crippen LogP contribution < -0.4 is 4.74 Å². The molecule has 118 valence electrons. The molecule has 1 rings (SSSR count). The smallest absolute Gasteiger partial charge is 0.269 e. The summed E-state index contributed by atoms with van der Waals surface area (Å²) in [5, 5.41) is 10.6. The second kappa shape index (κ2) is 10.2. The predicted molar refractivity (Wildman–Crippen MR) is 85.7 cm³/mol. The minimum Gasteiger partial charge on any atom is -0.493 e. The first-order valence-corrected chi connectivity index (χ1v) is 8.00. The van der Waals surface area contributed by atoms with Gasteiger partial charge in [0.25, 0.3) is 5.69 Å². The molecule has 4 nitrogen and oxygen atoms in total. The number of rotatable bonds is 11. The molecule has 0 amide bonds. The van der Waals surface area contributed by atoms with Crippen LogP contribution in [0.3, 0.4) is 0 Å². The Kier molecular flexibility index (Phi) is 8.48. The molecule has 1 aromatic carbocycles. The van der Waals surface area contributed by atoms with Crippen molar-refractivity contribution in [3.63, 3.8) is 0 Å². The van der Waals surface area contributed by atoms with Gasteiger partial charge in [-0.15, -0.1) is 0 Å². The maximum absolute atomic E-state index is 10.6. The Morgan fingerprint density at radius 3 is 2.33 bits per heavy atom. The van der Waals surface area contributed by atoms with E-state index in [0.717, 1.165) is 0 Å². The monoisotopic (exact) mass is 293 g/mol. The average molecular weight is 293 g/mol. The van der Waals surface area contributed by atoms with Gasteiger partial charge in [0.1, 0.15) is 5.75 Å². The maximum atomic E-state index is 10.6. The molecule has 0 bridgehead atoms. The lowest BCUT2D eigenvalue weighted by Crippen LogP contribution is -2.08. The molecule has 1 unspecified atom stereocenters. The summed E-state index contributed by atoms with van der Waals surface area (Å²) in [5.74, 6) is 1.22. The number of benzene rings is 1. The van der Waals surface area contributed by atoms with Gasteiger partial charge in [-0.2, -0.15) is 0 Å². The van der Waals surface area contributed by atoms with E-state index in [0.29, 0.717) is 18.3 Å². The van der Waals surface area contributed by atoms with E-state index in [1.165, 1.54) is 57.1 Å². The van der Waals surface area contributed by atoms with E-state index in [9.17, 15) is 10.1 Å². The molecule has 0 aliphatic carbocycles. The number of ether oxygens (including phenoxy) is 1. The summed E-state index contributed by atoms with van der Waals surface area (Å²) in [4.78, 5) is 10.2. The van der Waals surface area contributed by atoms with Crippen molar-refractivity contribution in [1.82, 2.24) is 0 Å². The number of non-ortho nitro benzene ring substituents is 1. The summed E-state index contributed by atoms with van der Waals surface area (Å²) < 4.78 is 5.68. The highest BCUT2D eigenvalue weighted by Gasteiger charge is 2.06. The SMILES string of the molecule is CCCCCCCCC(C)COc1ccc([N+](=O)[O-])cc1. The summed E-state index contributed by atoms with van der Waals surface area (Å²) in [6.45, 7) is 5.10. The van der Waals surface area contributed by atoms with Gasteiger partial charge < -0.3 is 4.74 Å². The van der Waals surface area contributed by atoms with Crippen molar-refractivity contribution >= 4 is 5.69 Å². The lowest BCUT2D eigenvalue weighted by Gasteiger charge is -2.13. The Bertz CT molecular complexity index is 403. The first-order chi connectivity index (χ1) is 10.1. The van der Waals surface area contributed by atoms with Crippen molar-refractivity contribution in [2.24, 2.45) is 5.92 Å². The summed E-state index contributed by atoms with van der Waals surface area (Å²) >= 11 is 0. The predicted octanol–water partition coefficient (Wildman–Crippen LogP) is 5.36. The molecule has 0 aliphatic rings. The Morgan fingerprint density at radius 2 is 1.71 bits per heavy atom. The Hall–Kier alpha value is -1.58. The fourth-order valence-corrected chi connectivity index (χ4v) is 2.26. The highest BCUT2D eigenvalue weighted by molar-refractivity contribution is 5.35. The quantitative estimate of drug-likeness (QED) is 0.313. The molecule has 0 fully saturated rings. The van der Waals surface area contributed by atoms with Crippen LogP contribution in [0.2, 0.25) is 0 Å². The van der Waals surface area contributed by atoms with Gasteiger partial charge in [0, 0.05) is 12.1 Å². The topological polar surface area (TPSA) is 52.4 Å². The zero-order valence-corrected chi connectivity index (χ0v) is 13.2. The number of unbranched alkanes of at least 4 members (excludes halogenated alkanes) is 5. The number of nitro benzene ring substituents is 1. The highest BCUT2D eigenvalue weighted by Crippen LogP contribution is 2.19. The molecular formula is C17H27NO3. The minimum absolute atomic E-state index is 0.0995. The fourth-order valence-electron chi connectivity index (χ4n) is 2.26. The Morgan fingerprint density at radius 1 is 1.10 bits per heavy atom. The summed E-state index contributed by atoms with van der Waals surface area (Å²) in [6.07, 6.45) is 9.07. The molecule has 0 radical (unpaired) electrons. The highest BCUT2D eigenvalue weighted by atomic mass is 16.6. The third kappa shape index (κ3) is 7.69. The molecule has 0 spiro atoms. The van der Waals surface area contributed by atoms with Crippen LogP contribution in [0.25, 0.3) is 0 Å². The van der Waals surface area contributed by atoms with E-state index in [1.807, 2.05) is 0 Å². The average Bonchev–Trinajstić information content (AvgIpc) is 2.49. The molecule has 1 atom stereocenters. The van der Waals surface area contributed by atoms with Crippen LogP contribution >= 0.6 is 0 Å². The van der Waals surface area contributed by atoms with Crippen LogP contribution in [0.5, 0.6) is 5.75 Å². The normalized spacial score (nSPS) is 12.1. The molecule has 21 heavy (non-hydrogen) atoms. The van der Waals surface area contributed by atoms with Crippen LogP contribution in [-0.4, -0.2) is 11.5 Å². The number of nitro groups is 1. The minimum atomic E-state index is -0.398. The maximum Gasteiger partial charge on any atom is 0.269 e. The second-order valence-corrected chi connectivity index (χ2v) is 5.72. The molecule has 0 saturated carbocycles. The van der Waals surface area contributed by atoms with E-state index in [-0.39, 0.29) is 5.69 Å². The van der Waals surface area contributed by atoms with E-state index < -0.39 is 4.92 Å². The first kappa shape index (κ1) is 17.5. The second-order valence-electron chi connectivity index (χ2n) is 5.72. The third-order valence-electron chi connectivity index (χ3n) is 3.63. The molecular weight excluding hydrogens is 266 g/mol.